The lowest BCUT2D eigenvalue weighted by molar-refractivity contribution is -0.895. The van der Waals surface area contributed by atoms with Gasteiger partial charge in [-0.2, -0.15) is 0 Å². The summed E-state index contributed by atoms with van der Waals surface area (Å²) in [5.74, 6) is -0.410. The van der Waals surface area contributed by atoms with E-state index < -0.39 is 17.9 Å². The maximum absolute atomic E-state index is 15.0. The molecule has 2 aliphatic rings. The van der Waals surface area contributed by atoms with Gasteiger partial charge >= 0.3 is 17.9 Å². The summed E-state index contributed by atoms with van der Waals surface area (Å²) in [6, 6.07) is 15.4. The summed E-state index contributed by atoms with van der Waals surface area (Å²) in [5, 5.41) is 39.6. The zero-order chi connectivity index (χ0) is 58.9. The minimum atomic E-state index is -1.04. The molecule has 4 N–H and O–H groups in total. The van der Waals surface area contributed by atoms with Crippen molar-refractivity contribution in [2.45, 2.75) is 174 Å². The molecule has 4 heterocycles. The molecule has 2 amide bonds. The molecule has 2 fully saturated rings. The number of amides is 2. The molecule has 1 saturated carbocycles. The number of carbonyl (C=O) groups excluding carboxylic acids is 2. The minimum absolute atomic E-state index is 0.0161. The largest absolute Gasteiger partial charge is 0.497 e. The fraction of sp³-hybridized carbons (Fsp3) is 0.635. The third kappa shape index (κ3) is 22.6. The molecule has 1 atom stereocenters. The number of aliphatic carboxylic acids is 3. The summed E-state index contributed by atoms with van der Waals surface area (Å²) >= 11 is 0. The number of benzene rings is 1. The summed E-state index contributed by atoms with van der Waals surface area (Å²) in [4.78, 5) is 74.7. The second-order valence-electron chi connectivity index (χ2n) is 24.3. The molecule has 1 aromatic carbocycles. The van der Waals surface area contributed by atoms with E-state index in [1.54, 1.807) is 20.4 Å². The lowest BCUT2D eigenvalue weighted by atomic mass is 9.86. The molecule has 4 aromatic rings. The van der Waals surface area contributed by atoms with Gasteiger partial charge in [0.15, 0.2) is 13.1 Å². The second kappa shape index (κ2) is 32.9. The van der Waals surface area contributed by atoms with Crippen molar-refractivity contribution in [1.82, 2.24) is 30.3 Å². The van der Waals surface area contributed by atoms with Gasteiger partial charge in [-0.05, 0) is 124 Å². The number of hydrogen-bond donors (Lipinski definition) is 4. The number of nitrogens with one attached hydrogen (secondary N) is 1. The number of unbranched alkanes of at least 4 members (excludes halogenated alkanes) is 11. The van der Waals surface area contributed by atoms with Crippen molar-refractivity contribution >= 4 is 41.2 Å². The van der Waals surface area contributed by atoms with Crippen LogP contribution in [0, 0.1) is 24.2 Å². The topological polar surface area (TPSA) is 239 Å². The van der Waals surface area contributed by atoms with Crippen LogP contribution in [0.3, 0.4) is 0 Å². The average Bonchev–Trinajstić information content (AvgIpc) is 4.27. The number of aryl methyl sites for hydroxylation is 3. The number of carboxylic acids is 3. The Morgan fingerprint density at radius 2 is 1.50 bits per heavy atom. The van der Waals surface area contributed by atoms with Crippen LogP contribution in [-0.4, -0.2) is 141 Å². The number of carboxylic acid groups (broad SMARTS) is 3. The number of pyridine rings is 2. The number of carbonyl (C=O) groups is 5. The van der Waals surface area contributed by atoms with Crippen molar-refractivity contribution in [2.24, 2.45) is 17.3 Å². The Balaban J connectivity index is 0.858. The van der Waals surface area contributed by atoms with Gasteiger partial charge in [-0.1, -0.05) is 89.3 Å². The highest BCUT2D eigenvalue weighted by molar-refractivity contribution is 6.09. The second-order valence-corrected chi connectivity index (χ2v) is 24.3. The van der Waals surface area contributed by atoms with E-state index >= 15 is 4.79 Å². The number of piperidine rings is 1. The molecular weight excluding hydrogens is 1040 g/mol. The van der Waals surface area contributed by atoms with E-state index in [0.717, 1.165) is 139 Å². The van der Waals surface area contributed by atoms with Gasteiger partial charge in [0.2, 0.25) is 11.8 Å². The molecule has 0 bridgehead atoms. The number of quaternary nitrogens is 1. The van der Waals surface area contributed by atoms with Crippen LogP contribution in [0.2, 0.25) is 0 Å². The zero-order valence-electron chi connectivity index (χ0n) is 49.7. The highest BCUT2D eigenvalue weighted by Crippen LogP contribution is 2.45. The summed E-state index contributed by atoms with van der Waals surface area (Å²) in [6.07, 6.45) is 24.8. The number of methoxy groups -OCH3 is 1. The average molecular weight is 1140 g/mol. The van der Waals surface area contributed by atoms with Crippen molar-refractivity contribution in [3.8, 4) is 11.6 Å². The van der Waals surface area contributed by atoms with Crippen LogP contribution in [0.25, 0.3) is 0 Å². The number of aromatic nitrogens is 5. The van der Waals surface area contributed by atoms with Gasteiger partial charge in [0.1, 0.15) is 11.6 Å². The van der Waals surface area contributed by atoms with Crippen LogP contribution < -0.4 is 24.6 Å². The van der Waals surface area contributed by atoms with E-state index in [-0.39, 0.29) is 47.1 Å². The summed E-state index contributed by atoms with van der Waals surface area (Å²) in [6.45, 7) is 10.0. The molecule has 19 nitrogen and oxygen atoms in total. The first-order chi connectivity index (χ1) is 39.4. The summed E-state index contributed by atoms with van der Waals surface area (Å²) in [5.41, 5.74) is 4.16. The molecule has 450 valence electrons. The predicted octanol–water partition coefficient (Wildman–Crippen LogP) is 10.5. The molecule has 1 aliphatic heterocycles. The smallest absolute Gasteiger partial charge is 0.359 e. The Kier molecular flexibility index (Phi) is 25.9. The van der Waals surface area contributed by atoms with Crippen LogP contribution in [-0.2, 0) is 32.1 Å². The van der Waals surface area contributed by atoms with Crippen LogP contribution in [0.1, 0.15) is 182 Å². The van der Waals surface area contributed by atoms with Crippen molar-refractivity contribution < 1.29 is 53.2 Å². The monoisotopic (exact) mass is 1140 g/mol. The standard InChI is InChI=1S/C63H93N9O10/c1-47-21-19-23-56(66-47)71(62(80)53-28-27-52(81-5)40-55(53)69-36-30-48(31-37-69)45-82-58-39-50(29-34-65-58)54(41-59(74)75)49-25-26-49)46-63(2,3)32-17-13-14-18-35-70-42-51(67-68-70)22-15-11-9-7-6-8-10-12-16-24-57(73)64-33-20-38-72(4,43-60(76)77)44-61(78)79/h19,21,23,27-29,34,39-40,42,48-49,54H,6-18,20,22,24-26,30-33,35-38,41,43-46H2,1-5H3,(H3-,64,73,74,75,76,77,78,79)/p+1/t54-/m0/s1. The molecule has 0 unspecified atom stereocenters. The Morgan fingerprint density at radius 1 is 0.817 bits per heavy atom. The maximum atomic E-state index is 15.0. The van der Waals surface area contributed by atoms with Gasteiger partial charge in [0.25, 0.3) is 5.91 Å². The van der Waals surface area contributed by atoms with Gasteiger partial charge < -0.3 is 39.5 Å². The van der Waals surface area contributed by atoms with Gasteiger partial charge in [-0.15, -0.1) is 5.10 Å². The number of nitrogens with zero attached hydrogens (tertiary/aromatic N) is 8. The van der Waals surface area contributed by atoms with Crippen molar-refractivity contribution in [1.29, 1.82) is 0 Å². The Labute approximate surface area is 486 Å². The fourth-order valence-corrected chi connectivity index (χ4v) is 11.5. The van der Waals surface area contributed by atoms with E-state index in [2.05, 4.69) is 45.6 Å². The Hall–Kier alpha value is -6.63. The SMILES string of the molecule is COc1ccc(C(=O)N(CC(C)(C)CCCCCCn2cc(CCCCCCCCCCCC(=O)NCCC[N+](C)(CC(=O)O)CC(=O)O)nn2)c2cccc(C)n2)c(N2CCC(COc3cc([C@@H](CC(=O)O)C4CC4)ccn3)CC2)c1. The molecule has 1 aliphatic carbocycles. The van der Waals surface area contributed by atoms with Crippen LogP contribution in [0.4, 0.5) is 11.5 Å². The van der Waals surface area contributed by atoms with Gasteiger partial charge in [-0.3, -0.25) is 24.0 Å². The first-order valence-corrected chi connectivity index (χ1v) is 30.3. The first kappa shape index (κ1) is 64.5. The van der Waals surface area contributed by atoms with E-state index in [4.69, 9.17) is 24.7 Å². The number of ether oxygens (including phenoxy) is 2. The van der Waals surface area contributed by atoms with E-state index in [0.29, 0.717) is 73.9 Å². The fourth-order valence-electron chi connectivity index (χ4n) is 11.5. The Bertz CT molecular complexity index is 2630. The molecule has 6 rings (SSSR count). The highest BCUT2D eigenvalue weighted by Gasteiger charge is 2.35. The molecule has 82 heavy (non-hydrogen) atoms. The predicted molar refractivity (Wildman–Crippen MR) is 316 cm³/mol. The van der Waals surface area contributed by atoms with Crippen LogP contribution in [0.15, 0.2) is 60.9 Å². The zero-order valence-corrected chi connectivity index (χ0v) is 49.7. The van der Waals surface area contributed by atoms with E-state index in [1.807, 2.05) is 65.0 Å². The number of hydrogen-bond acceptors (Lipinski definition) is 12. The molecule has 3 aromatic heterocycles. The summed E-state index contributed by atoms with van der Waals surface area (Å²) in [7, 11) is 3.27. The molecular formula is C63H94N9O10+. The van der Waals surface area contributed by atoms with Crippen LogP contribution in [0.5, 0.6) is 11.6 Å². The maximum Gasteiger partial charge on any atom is 0.359 e. The third-order valence-corrected chi connectivity index (χ3v) is 16.3. The molecule has 19 heteroatoms. The summed E-state index contributed by atoms with van der Waals surface area (Å²) < 4.78 is 13.8. The van der Waals surface area contributed by atoms with Gasteiger partial charge in [-0.25, -0.2) is 19.6 Å². The minimum Gasteiger partial charge on any atom is -0.497 e. The molecule has 0 spiro atoms. The third-order valence-electron chi connectivity index (χ3n) is 16.3. The number of anilines is 2. The van der Waals surface area contributed by atoms with E-state index in [1.165, 1.54) is 25.7 Å². The van der Waals surface area contributed by atoms with Gasteiger partial charge in [0, 0.05) is 75.8 Å². The van der Waals surface area contributed by atoms with E-state index in [9.17, 15) is 24.3 Å². The molecule has 1 saturated heterocycles. The number of likely N-dealkylation sites (N-methyl/N-ethyl adjacent to an activating group) is 1. The van der Waals surface area contributed by atoms with Crippen molar-refractivity contribution in [3.63, 3.8) is 0 Å². The van der Waals surface area contributed by atoms with Crippen molar-refractivity contribution in [3.05, 3.63) is 83.4 Å². The lowest BCUT2D eigenvalue weighted by Gasteiger charge is -2.36. The lowest BCUT2D eigenvalue weighted by Crippen LogP contribution is -2.52. The van der Waals surface area contributed by atoms with Crippen LogP contribution >= 0.6 is 0 Å². The molecule has 0 radical (unpaired) electrons. The quantitative estimate of drug-likeness (QED) is 0.0239. The van der Waals surface area contributed by atoms with Gasteiger partial charge in [0.05, 0.1) is 50.7 Å². The highest BCUT2D eigenvalue weighted by atomic mass is 16.5. The number of rotatable bonds is 40. The first-order valence-electron chi connectivity index (χ1n) is 30.3. The normalized spacial score (nSPS) is 14.3. The van der Waals surface area contributed by atoms with Crippen molar-refractivity contribution in [2.75, 3.05) is 76.4 Å². The Morgan fingerprint density at radius 3 is 2.17 bits per heavy atom.